The molecule has 6 nitrogen and oxygen atoms in total. The Balaban J connectivity index is 3.49. The topological polar surface area (TPSA) is 71.1 Å². The van der Waals surface area contributed by atoms with Crippen molar-refractivity contribution in [2.24, 2.45) is 11.8 Å². The zero-order chi connectivity index (χ0) is 18.9. The lowest BCUT2D eigenvalue weighted by atomic mass is 10.0. The van der Waals surface area contributed by atoms with Crippen LogP contribution in [0.4, 0.5) is 0 Å². The van der Waals surface area contributed by atoms with E-state index in [0.717, 1.165) is 38.5 Å². The summed E-state index contributed by atoms with van der Waals surface area (Å²) in [7, 11) is 0. The summed E-state index contributed by atoms with van der Waals surface area (Å²) >= 11 is 0. The Hall–Kier alpha value is -1.14. The average Bonchev–Trinajstić information content (AvgIpc) is 2.56. The minimum atomic E-state index is -0.537. The van der Waals surface area contributed by atoms with Gasteiger partial charge >= 0.3 is 11.9 Å². The maximum Gasteiger partial charge on any atom is 0.334 e. The molecule has 0 radical (unpaired) electrons. The van der Waals surface area contributed by atoms with Crippen LogP contribution >= 0.6 is 0 Å². The highest BCUT2D eigenvalue weighted by Gasteiger charge is 2.08. The minimum absolute atomic E-state index is 0.123. The Labute approximate surface area is 152 Å². The van der Waals surface area contributed by atoms with E-state index in [1.807, 2.05) is 0 Å². The predicted octanol–water partition coefficient (Wildman–Crippen LogP) is 3.72. The van der Waals surface area contributed by atoms with Crippen molar-refractivity contribution in [3.05, 3.63) is 0 Å². The van der Waals surface area contributed by atoms with Gasteiger partial charge in [-0.2, -0.15) is 0 Å². The maximum absolute atomic E-state index is 11.4. The Kier molecular flexibility index (Phi) is 15.6. The summed E-state index contributed by atoms with van der Waals surface area (Å²) in [6, 6.07) is 0. The predicted molar refractivity (Wildman–Crippen MR) is 96.1 cm³/mol. The summed E-state index contributed by atoms with van der Waals surface area (Å²) in [5.74, 6) is 0.106. The van der Waals surface area contributed by atoms with Gasteiger partial charge in [0.1, 0.15) is 13.2 Å². The Morgan fingerprint density at radius 2 is 1.12 bits per heavy atom. The third kappa shape index (κ3) is 16.1. The van der Waals surface area contributed by atoms with Gasteiger partial charge in [0.2, 0.25) is 6.79 Å². The van der Waals surface area contributed by atoms with Crippen LogP contribution in [0.1, 0.15) is 66.2 Å². The molecule has 0 fully saturated rings. The second kappa shape index (κ2) is 16.3. The molecule has 25 heavy (non-hydrogen) atoms. The first-order valence-corrected chi connectivity index (χ1v) is 9.46. The normalized spacial score (nSPS) is 13.3. The van der Waals surface area contributed by atoms with Crippen LogP contribution in [-0.2, 0) is 28.5 Å². The number of rotatable bonds is 16. The first kappa shape index (κ1) is 23.9. The second-order valence-electron chi connectivity index (χ2n) is 6.62. The molecule has 2 unspecified atom stereocenters. The van der Waals surface area contributed by atoms with Crippen LogP contribution < -0.4 is 0 Å². The zero-order valence-electron chi connectivity index (χ0n) is 16.4. The van der Waals surface area contributed by atoms with E-state index < -0.39 is 18.7 Å². The number of carbonyl (C=O) groups is 2. The first-order chi connectivity index (χ1) is 12.0. The van der Waals surface area contributed by atoms with Gasteiger partial charge < -0.3 is 18.9 Å². The summed E-state index contributed by atoms with van der Waals surface area (Å²) in [5, 5.41) is 0. The fraction of sp³-hybridized carbons (Fsp3) is 0.895. The summed E-state index contributed by atoms with van der Waals surface area (Å²) < 4.78 is 20.1. The average molecular weight is 360 g/mol. The molecule has 6 heteroatoms. The Bertz CT molecular complexity index is 313. The van der Waals surface area contributed by atoms with Crippen LogP contribution in [0, 0.1) is 11.8 Å². The van der Waals surface area contributed by atoms with Crippen LogP contribution in [0.5, 0.6) is 0 Å². The highest BCUT2D eigenvalue weighted by atomic mass is 16.7. The van der Waals surface area contributed by atoms with Crippen molar-refractivity contribution in [3.63, 3.8) is 0 Å². The van der Waals surface area contributed by atoms with E-state index in [-0.39, 0.29) is 13.2 Å². The van der Waals surface area contributed by atoms with E-state index in [9.17, 15) is 9.59 Å². The fourth-order valence-electron chi connectivity index (χ4n) is 2.40. The van der Waals surface area contributed by atoms with Crippen LogP contribution in [0.15, 0.2) is 0 Å². The molecule has 0 aliphatic heterocycles. The van der Waals surface area contributed by atoms with Gasteiger partial charge in [-0.05, 0) is 24.7 Å². The maximum atomic E-state index is 11.4. The lowest BCUT2D eigenvalue weighted by Gasteiger charge is -2.11. The highest BCUT2D eigenvalue weighted by Crippen LogP contribution is 2.10. The summed E-state index contributed by atoms with van der Waals surface area (Å²) in [6.07, 6.45) is 6.45. The van der Waals surface area contributed by atoms with Crippen LogP contribution in [-0.4, -0.2) is 45.2 Å². The van der Waals surface area contributed by atoms with Crippen LogP contribution in [0.2, 0.25) is 0 Å². The second-order valence-corrected chi connectivity index (χ2v) is 6.62. The molecule has 0 rings (SSSR count). The molecular weight excluding hydrogens is 324 g/mol. The SMILES string of the molecule is CCCC(C)CCOCC(=O)OCOC(=O)COCCC(C)CCC. The monoisotopic (exact) mass is 360 g/mol. The van der Waals surface area contributed by atoms with Gasteiger partial charge in [0.05, 0.1) is 0 Å². The molecule has 0 amide bonds. The Morgan fingerprint density at radius 1 is 0.720 bits per heavy atom. The molecule has 0 aromatic carbocycles. The molecule has 0 heterocycles. The van der Waals surface area contributed by atoms with Gasteiger partial charge in [0.15, 0.2) is 0 Å². The summed E-state index contributed by atoms with van der Waals surface area (Å²) in [5.41, 5.74) is 0. The molecule has 0 aromatic rings. The number of hydrogen-bond donors (Lipinski definition) is 0. The van der Waals surface area contributed by atoms with E-state index in [1.54, 1.807) is 0 Å². The molecule has 0 saturated heterocycles. The smallest absolute Gasteiger partial charge is 0.334 e. The van der Waals surface area contributed by atoms with Gasteiger partial charge in [-0.15, -0.1) is 0 Å². The van der Waals surface area contributed by atoms with E-state index in [4.69, 9.17) is 18.9 Å². The van der Waals surface area contributed by atoms with Gasteiger partial charge in [-0.1, -0.05) is 53.4 Å². The molecule has 0 saturated carbocycles. The number of carbonyl (C=O) groups excluding carboxylic acids is 2. The minimum Gasteiger partial charge on any atom is -0.426 e. The van der Waals surface area contributed by atoms with Crippen molar-refractivity contribution in [2.45, 2.75) is 66.2 Å². The lowest BCUT2D eigenvalue weighted by Crippen LogP contribution is -2.20. The van der Waals surface area contributed by atoms with Gasteiger partial charge in [-0.3, -0.25) is 0 Å². The molecule has 0 spiro atoms. The third-order valence-corrected chi connectivity index (χ3v) is 3.95. The molecule has 0 bridgehead atoms. The van der Waals surface area contributed by atoms with Crippen molar-refractivity contribution < 1.29 is 28.5 Å². The van der Waals surface area contributed by atoms with E-state index in [1.165, 1.54) is 0 Å². The molecule has 0 aliphatic rings. The number of hydrogen-bond acceptors (Lipinski definition) is 6. The van der Waals surface area contributed by atoms with Crippen LogP contribution in [0.3, 0.4) is 0 Å². The van der Waals surface area contributed by atoms with Gasteiger partial charge in [0.25, 0.3) is 0 Å². The van der Waals surface area contributed by atoms with E-state index >= 15 is 0 Å². The summed E-state index contributed by atoms with van der Waals surface area (Å²) in [4.78, 5) is 22.8. The highest BCUT2D eigenvalue weighted by molar-refractivity contribution is 5.72. The molecular formula is C19H36O6. The third-order valence-electron chi connectivity index (χ3n) is 3.95. The van der Waals surface area contributed by atoms with Crippen molar-refractivity contribution >= 4 is 11.9 Å². The van der Waals surface area contributed by atoms with Gasteiger partial charge in [-0.25, -0.2) is 9.59 Å². The van der Waals surface area contributed by atoms with Crippen molar-refractivity contribution in [1.82, 2.24) is 0 Å². The quantitative estimate of drug-likeness (QED) is 0.237. The molecule has 0 aromatic heterocycles. The van der Waals surface area contributed by atoms with E-state index in [0.29, 0.717) is 25.0 Å². The largest absolute Gasteiger partial charge is 0.426 e. The fourth-order valence-corrected chi connectivity index (χ4v) is 2.40. The van der Waals surface area contributed by atoms with E-state index in [2.05, 4.69) is 27.7 Å². The van der Waals surface area contributed by atoms with Crippen molar-refractivity contribution in [2.75, 3.05) is 33.2 Å². The van der Waals surface area contributed by atoms with Crippen LogP contribution in [0.25, 0.3) is 0 Å². The molecule has 0 N–H and O–H groups in total. The van der Waals surface area contributed by atoms with Gasteiger partial charge in [0, 0.05) is 13.2 Å². The Morgan fingerprint density at radius 3 is 1.48 bits per heavy atom. The first-order valence-electron chi connectivity index (χ1n) is 9.46. The van der Waals surface area contributed by atoms with Crippen molar-refractivity contribution in [1.29, 1.82) is 0 Å². The number of ether oxygens (including phenoxy) is 4. The standard InChI is InChI=1S/C19H36O6/c1-5-7-16(3)9-11-22-13-18(20)24-15-25-19(21)14-23-12-10-17(4)8-6-2/h16-17H,5-15H2,1-4H3. The summed E-state index contributed by atoms with van der Waals surface area (Å²) in [6.45, 7) is 9.03. The zero-order valence-corrected chi connectivity index (χ0v) is 16.4. The van der Waals surface area contributed by atoms with Crippen molar-refractivity contribution in [3.8, 4) is 0 Å². The lowest BCUT2D eigenvalue weighted by molar-refractivity contribution is -0.173. The molecule has 0 aliphatic carbocycles. The molecule has 2 atom stereocenters. The molecule has 148 valence electrons. The number of esters is 2.